The molecule has 3 aromatic heterocycles. The average Bonchev–Trinajstić information content (AvgIpc) is 3.65. The standard InChI is InChI=1S/C24H21N5O4S/c1-31-17-6-4-15(5-7-17)19-14-34-24(27-19)28-21(30)16-8-10-29(11-9-16)23-18(13-25)26-22(33-23)20-3-2-12-32-20/h2-7,12,14,16H,8-11H2,1H3,(H,27,28,30). The summed E-state index contributed by atoms with van der Waals surface area (Å²) in [7, 11) is 1.63. The number of furan rings is 1. The lowest BCUT2D eigenvalue weighted by atomic mass is 9.96. The second-order valence-corrected chi connectivity index (χ2v) is 8.64. The van der Waals surface area contributed by atoms with Crippen LogP contribution in [-0.4, -0.2) is 36.1 Å². The third-order valence-corrected chi connectivity index (χ3v) is 6.48. The Kier molecular flexibility index (Phi) is 6.01. The van der Waals surface area contributed by atoms with E-state index in [2.05, 4.69) is 21.4 Å². The van der Waals surface area contributed by atoms with Crippen LogP contribution >= 0.6 is 11.3 Å². The van der Waals surface area contributed by atoms with Crippen LogP contribution in [0.2, 0.25) is 0 Å². The molecule has 0 spiro atoms. The van der Waals surface area contributed by atoms with Gasteiger partial charge in [0.05, 0.1) is 19.1 Å². The molecule has 34 heavy (non-hydrogen) atoms. The van der Waals surface area contributed by atoms with Crippen molar-refractivity contribution in [1.29, 1.82) is 5.26 Å². The smallest absolute Gasteiger partial charge is 0.266 e. The normalized spacial score (nSPS) is 14.1. The van der Waals surface area contributed by atoms with Crippen molar-refractivity contribution in [1.82, 2.24) is 9.97 Å². The van der Waals surface area contributed by atoms with Gasteiger partial charge in [0, 0.05) is 30.0 Å². The van der Waals surface area contributed by atoms with E-state index in [0.717, 1.165) is 17.0 Å². The molecule has 1 aliphatic rings. The maximum atomic E-state index is 12.8. The van der Waals surface area contributed by atoms with Crippen LogP contribution in [0, 0.1) is 17.2 Å². The first-order valence-corrected chi connectivity index (χ1v) is 11.6. The number of carbonyl (C=O) groups excluding carboxylic acids is 1. The van der Waals surface area contributed by atoms with E-state index in [4.69, 9.17) is 13.6 Å². The molecular formula is C24H21N5O4S. The summed E-state index contributed by atoms with van der Waals surface area (Å²) in [4.78, 5) is 23.6. The topological polar surface area (TPSA) is 117 Å². The summed E-state index contributed by atoms with van der Waals surface area (Å²) in [5.41, 5.74) is 1.97. The van der Waals surface area contributed by atoms with Crippen LogP contribution in [0.3, 0.4) is 0 Å². The number of piperidine rings is 1. The number of ether oxygens (including phenoxy) is 1. The molecule has 0 saturated carbocycles. The minimum atomic E-state index is -0.150. The molecule has 1 fully saturated rings. The molecule has 0 radical (unpaired) electrons. The lowest BCUT2D eigenvalue weighted by Gasteiger charge is -2.30. The second kappa shape index (κ2) is 9.41. The van der Waals surface area contributed by atoms with E-state index in [9.17, 15) is 10.1 Å². The van der Waals surface area contributed by atoms with Crippen molar-refractivity contribution >= 4 is 28.3 Å². The van der Waals surface area contributed by atoms with Crippen molar-refractivity contribution < 1.29 is 18.4 Å². The fourth-order valence-electron chi connectivity index (χ4n) is 3.88. The van der Waals surface area contributed by atoms with Crippen LogP contribution in [-0.2, 0) is 4.79 Å². The SMILES string of the molecule is COc1ccc(-c2csc(NC(=O)C3CCN(c4oc(-c5ccco5)nc4C#N)CC3)n2)cc1. The van der Waals surface area contributed by atoms with E-state index in [1.807, 2.05) is 34.5 Å². The number of anilines is 2. The first-order valence-electron chi connectivity index (χ1n) is 10.7. The van der Waals surface area contributed by atoms with E-state index in [-0.39, 0.29) is 23.4 Å². The Morgan fingerprint density at radius 2 is 2.03 bits per heavy atom. The van der Waals surface area contributed by atoms with Gasteiger partial charge < -0.3 is 23.8 Å². The van der Waals surface area contributed by atoms with Crippen molar-refractivity contribution in [2.24, 2.45) is 5.92 Å². The first kappa shape index (κ1) is 21.7. The van der Waals surface area contributed by atoms with E-state index >= 15 is 0 Å². The van der Waals surface area contributed by atoms with E-state index in [1.54, 1.807) is 19.2 Å². The Morgan fingerprint density at radius 3 is 2.71 bits per heavy atom. The lowest BCUT2D eigenvalue weighted by Crippen LogP contribution is -2.38. The molecule has 1 aliphatic heterocycles. The van der Waals surface area contributed by atoms with E-state index in [1.165, 1.54) is 17.6 Å². The number of hydrogen-bond donors (Lipinski definition) is 1. The third-order valence-electron chi connectivity index (χ3n) is 5.72. The average molecular weight is 476 g/mol. The fraction of sp³-hybridized carbons (Fsp3) is 0.250. The van der Waals surface area contributed by atoms with Gasteiger partial charge >= 0.3 is 0 Å². The predicted octanol–water partition coefficient (Wildman–Crippen LogP) is 4.79. The number of oxazole rings is 1. The van der Waals surface area contributed by atoms with E-state index < -0.39 is 0 Å². The highest BCUT2D eigenvalue weighted by atomic mass is 32.1. The number of amides is 1. The third kappa shape index (κ3) is 4.38. The minimum absolute atomic E-state index is 0.0513. The van der Waals surface area contributed by atoms with Gasteiger partial charge in [0.25, 0.3) is 5.89 Å². The number of benzene rings is 1. The quantitative estimate of drug-likeness (QED) is 0.423. The van der Waals surface area contributed by atoms with Crippen LogP contribution in [0.4, 0.5) is 11.0 Å². The summed E-state index contributed by atoms with van der Waals surface area (Å²) in [5, 5.41) is 14.9. The van der Waals surface area contributed by atoms with Crippen molar-refractivity contribution in [2.75, 3.05) is 30.4 Å². The fourth-order valence-corrected chi connectivity index (χ4v) is 4.61. The molecular weight excluding hydrogens is 454 g/mol. The number of aromatic nitrogens is 2. The summed E-state index contributed by atoms with van der Waals surface area (Å²) in [6, 6.07) is 13.2. The van der Waals surface area contributed by atoms with Crippen molar-refractivity contribution in [3.8, 4) is 34.7 Å². The van der Waals surface area contributed by atoms with E-state index in [0.29, 0.717) is 42.7 Å². The largest absolute Gasteiger partial charge is 0.497 e. The number of thiazole rings is 1. The summed E-state index contributed by atoms with van der Waals surface area (Å²) in [6.07, 6.45) is 2.78. The van der Waals surface area contributed by atoms with Gasteiger partial charge in [-0.2, -0.15) is 10.2 Å². The predicted molar refractivity (Wildman–Crippen MR) is 127 cm³/mol. The zero-order valence-electron chi connectivity index (χ0n) is 18.4. The zero-order valence-corrected chi connectivity index (χ0v) is 19.2. The van der Waals surface area contributed by atoms with Crippen molar-refractivity contribution in [3.05, 3.63) is 53.7 Å². The van der Waals surface area contributed by atoms with Crippen molar-refractivity contribution in [2.45, 2.75) is 12.8 Å². The van der Waals surface area contributed by atoms with Crippen LogP contribution in [0.5, 0.6) is 5.75 Å². The molecule has 4 aromatic rings. The number of methoxy groups -OCH3 is 1. The Labute approximate surface area is 199 Å². The summed E-state index contributed by atoms with van der Waals surface area (Å²) in [5.74, 6) is 1.73. The van der Waals surface area contributed by atoms with Gasteiger partial charge in [0.1, 0.15) is 11.8 Å². The monoisotopic (exact) mass is 475 g/mol. The van der Waals surface area contributed by atoms with Crippen LogP contribution < -0.4 is 15.0 Å². The molecule has 5 rings (SSSR count). The van der Waals surface area contributed by atoms with Gasteiger partial charge in [-0.25, -0.2) is 4.98 Å². The summed E-state index contributed by atoms with van der Waals surface area (Å²) >= 11 is 1.40. The minimum Gasteiger partial charge on any atom is -0.497 e. The molecule has 1 N–H and O–H groups in total. The van der Waals surface area contributed by atoms with Gasteiger partial charge in [-0.05, 0) is 49.2 Å². The number of nitrogens with one attached hydrogen (secondary N) is 1. The second-order valence-electron chi connectivity index (χ2n) is 7.78. The molecule has 172 valence electrons. The molecule has 0 atom stereocenters. The maximum Gasteiger partial charge on any atom is 0.266 e. The zero-order chi connectivity index (χ0) is 23.5. The highest BCUT2D eigenvalue weighted by Crippen LogP contribution is 2.32. The molecule has 0 aliphatic carbocycles. The number of carbonyl (C=O) groups is 1. The van der Waals surface area contributed by atoms with Crippen LogP contribution in [0.25, 0.3) is 22.9 Å². The molecule has 1 aromatic carbocycles. The Balaban J connectivity index is 1.20. The summed E-state index contributed by atoms with van der Waals surface area (Å²) < 4.78 is 16.3. The highest BCUT2D eigenvalue weighted by molar-refractivity contribution is 7.14. The summed E-state index contributed by atoms with van der Waals surface area (Å²) in [6.45, 7) is 1.16. The molecule has 4 heterocycles. The van der Waals surface area contributed by atoms with Gasteiger partial charge in [-0.3, -0.25) is 4.79 Å². The van der Waals surface area contributed by atoms with Crippen LogP contribution in [0.1, 0.15) is 18.5 Å². The Bertz CT molecular complexity index is 1310. The van der Waals surface area contributed by atoms with Gasteiger partial charge in [-0.15, -0.1) is 11.3 Å². The maximum absolute atomic E-state index is 12.8. The van der Waals surface area contributed by atoms with Gasteiger partial charge in [0.2, 0.25) is 17.5 Å². The van der Waals surface area contributed by atoms with Gasteiger partial charge in [0.15, 0.2) is 10.9 Å². The number of rotatable bonds is 6. The molecule has 0 bridgehead atoms. The van der Waals surface area contributed by atoms with Crippen molar-refractivity contribution in [3.63, 3.8) is 0 Å². The molecule has 1 saturated heterocycles. The number of nitriles is 1. The van der Waals surface area contributed by atoms with Gasteiger partial charge in [-0.1, -0.05) is 0 Å². The Hall–Kier alpha value is -4.10. The molecule has 10 heteroatoms. The lowest BCUT2D eigenvalue weighted by molar-refractivity contribution is -0.120. The first-order chi connectivity index (χ1) is 16.6. The number of hydrogen-bond acceptors (Lipinski definition) is 9. The Morgan fingerprint density at radius 1 is 1.24 bits per heavy atom. The van der Waals surface area contributed by atoms with Crippen LogP contribution in [0.15, 0.2) is 56.9 Å². The molecule has 1 amide bonds. The molecule has 9 nitrogen and oxygen atoms in total. The molecule has 0 unspecified atom stereocenters. The number of nitrogens with zero attached hydrogens (tertiary/aromatic N) is 4. The highest BCUT2D eigenvalue weighted by Gasteiger charge is 2.29.